The molecule has 0 radical (unpaired) electrons. The lowest BCUT2D eigenvalue weighted by atomic mass is 9.98. The molecule has 1 aromatic rings. The fourth-order valence-electron chi connectivity index (χ4n) is 3.61. The lowest BCUT2D eigenvalue weighted by Gasteiger charge is -2.34. The van der Waals surface area contributed by atoms with Crippen molar-refractivity contribution in [1.82, 2.24) is 4.90 Å². The Bertz CT molecular complexity index is 551. The summed E-state index contributed by atoms with van der Waals surface area (Å²) in [5.41, 5.74) is 0.622. The van der Waals surface area contributed by atoms with E-state index < -0.39 is 17.7 Å². The maximum absolute atomic E-state index is 13.4. The van der Waals surface area contributed by atoms with Gasteiger partial charge in [0.15, 0.2) is 11.6 Å². The predicted molar refractivity (Wildman–Crippen MR) is 90.3 cm³/mol. The van der Waals surface area contributed by atoms with Crippen LogP contribution in [0.5, 0.6) is 0 Å². The number of aliphatic hydroxyl groups is 1. The molecule has 3 rings (SSSR count). The number of β-amino-alcohol motifs (C(OH)–C–C–N with tert-alkyl or cyclic N) is 1. The summed E-state index contributed by atoms with van der Waals surface area (Å²) >= 11 is 0. The van der Waals surface area contributed by atoms with Gasteiger partial charge in [-0.1, -0.05) is 25.3 Å². The monoisotopic (exact) mass is 355 g/mol. The van der Waals surface area contributed by atoms with Crippen molar-refractivity contribution in [2.75, 3.05) is 32.8 Å². The van der Waals surface area contributed by atoms with Crippen LogP contribution in [0, 0.1) is 11.6 Å². The molecule has 1 heterocycles. The summed E-state index contributed by atoms with van der Waals surface area (Å²) in [5.74, 6) is -1.72. The van der Waals surface area contributed by atoms with Crippen LogP contribution in [0.3, 0.4) is 0 Å². The van der Waals surface area contributed by atoms with E-state index in [1.807, 2.05) is 0 Å². The molecule has 0 bridgehead atoms. The van der Waals surface area contributed by atoms with E-state index in [0.717, 1.165) is 18.9 Å². The normalized spacial score (nSPS) is 24.4. The van der Waals surface area contributed by atoms with Crippen molar-refractivity contribution in [1.29, 1.82) is 0 Å². The first-order valence-corrected chi connectivity index (χ1v) is 9.20. The van der Waals surface area contributed by atoms with Crippen molar-refractivity contribution >= 4 is 0 Å². The summed E-state index contributed by atoms with van der Waals surface area (Å²) in [6.07, 6.45) is 5.29. The molecular formula is C19H27F2NO3. The average molecular weight is 355 g/mol. The summed E-state index contributed by atoms with van der Waals surface area (Å²) in [6, 6.07) is 3.86. The van der Waals surface area contributed by atoms with Crippen molar-refractivity contribution in [2.45, 2.75) is 50.4 Å². The van der Waals surface area contributed by atoms with Gasteiger partial charge in [-0.3, -0.25) is 4.90 Å². The maximum atomic E-state index is 13.4. The molecule has 2 fully saturated rings. The highest BCUT2D eigenvalue weighted by atomic mass is 19.2. The molecule has 0 amide bonds. The Morgan fingerprint density at radius 2 is 2.00 bits per heavy atom. The van der Waals surface area contributed by atoms with Crippen LogP contribution in [0.2, 0.25) is 0 Å². The molecule has 0 aromatic heterocycles. The molecule has 25 heavy (non-hydrogen) atoms. The van der Waals surface area contributed by atoms with Crippen LogP contribution in [-0.2, 0) is 9.47 Å². The number of rotatable bonds is 6. The molecule has 140 valence electrons. The molecule has 1 saturated heterocycles. The van der Waals surface area contributed by atoms with E-state index in [1.54, 1.807) is 6.07 Å². The summed E-state index contributed by atoms with van der Waals surface area (Å²) in [5, 5.41) is 10.3. The quantitative estimate of drug-likeness (QED) is 0.852. The summed E-state index contributed by atoms with van der Waals surface area (Å²) in [7, 11) is 0. The van der Waals surface area contributed by atoms with Crippen LogP contribution in [0.4, 0.5) is 8.78 Å². The smallest absolute Gasteiger partial charge is 0.159 e. The van der Waals surface area contributed by atoms with E-state index in [1.165, 1.54) is 25.3 Å². The molecule has 4 nitrogen and oxygen atoms in total. The minimum Gasteiger partial charge on any atom is -0.389 e. The molecule has 2 atom stereocenters. The first-order chi connectivity index (χ1) is 12.1. The molecule has 1 aliphatic heterocycles. The first-order valence-electron chi connectivity index (χ1n) is 9.20. The van der Waals surface area contributed by atoms with Crippen LogP contribution in [0.15, 0.2) is 18.2 Å². The second-order valence-electron chi connectivity index (χ2n) is 7.04. The molecule has 2 unspecified atom stereocenters. The second-order valence-corrected chi connectivity index (χ2v) is 7.04. The van der Waals surface area contributed by atoms with Crippen LogP contribution in [0.1, 0.15) is 43.8 Å². The van der Waals surface area contributed by atoms with Gasteiger partial charge in [0.1, 0.15) is 0 Å². The van der Waals surface area contributed by atoms with Gasteiger partial charge in [-0.05, 0) is 30.5 Å². The molecule has 1 aliphatic carbocycles. The topological polar surface area (TPSA) is 41.9 Å². The molecule has 1 N–H and O–H groups in total. The van der Waals surface area contributed by atoms with Gasteiger partial charge in [0.2, 0.25) is 0 Å². The second kappa shape index (κ2) is 9.03. The van der Waals surface area contributed by atoms with E-state index >= 15 is 0 Å². The highest BCUT2D eigenvalue weighted by Gasteiger charge is 2.25. The van der Waals surface area contributed by atoms with E-state index in [2.05, 4.69) is 4.90 Å². The Kier molecular flexibility index (Phi) is 6.76. The Balaban J connectivity index is 1.46. The zero-order valence-corrected chi connectivity index (χ0v) is 14.5. The van der Waals surface area contributed by atoms with E-state index in [-0.39, 0.29) is 12.2 Å². The van der Waals surface area contributed by atoms with Crippen molar-refractivity contribution in [3.05, 3.63) is 35.4 Å². The number of aliphatic hydroxyl groups excluding tert-OH is 1. The van der Waals surface area contributed by atoms with Gasteiger partial charge in [-0.15, -0.1) is 0 Å². The maximum Gasteiger partial charge on any atom is 0.159 e. The highest BCUT2D eigenvalue weighted by Crippen LogP contribution is 2.24. The van der Waals surface area contributed by atoms with Gasteiger partial charge >= 0.3 is 0 Å². The van der Waals surface area contributed by atoms with Gasteiger partial charge < -0.3 is 14.6 Å². The van der Waals surface area contributed by atoms with Crippen LogP contribution >= 0.6 is 0 Å². The van der Waals surface area contributed by atoms with Gasteiger partial charge in [0.25, 0.3) is 0 Å². The molecule has 6 heteroatoms. The largest absolute Gasteiger partial charge is 0.389 e. The fourth-order valence-corrected chi connectivity index (χ4v) is 3.61. The number of benzene rings is 1. The highest BCUT2D eigenvalue weighted by molar-refractivity contribution is 5.21. The van der Waals surface area contributed by atoms with Crippen LogP contribution in [0.25, 0.3) is 0 Å². The standard InChI is InChI=1S/C19H27F2NO3/c20-17-7-6-14(10-18(17)21)19-12-22(8-9-24-19)11-15(23)13-25-16-4-2-1-3-5-16/h6-7,10,15-16,19,23H,1-5,8-9,11-13H2. The minimum atomic E-state index is -0.862. The number of nitrogens with zero attached hydrogens (tertiary/aromatic N) is 1. The van der Waals surface area contributed by atoms with Crippen molar-refractivity contribution in [3.8, 4) is 0 Å². The van der Waals surface area contributed by atoms with E-state index in [9.17, 15) is 13.9 Å². The third-order valence-corrected chi connectivity index (χ3v) is 5.01. The fraction of sp³-hybridized carbons (Fsp3) is 0.684. The van der Waals surface area contributed by atoms with Crippen LogP contribution in [-0.4, -0.2) is 55.1 Å². The van der Waals surface area contributed by atoms with Gasteiger partial charge in [0.05, 0.1) is 31.5 Å². The molecule has 0 spiro atoms. The lowest BCUT2D eigenvalue weighted by Crippen LogP contribution is -2.43. The van der Waals surface area contributed by atoms with Crippen molar-refractivity contribution in [3.63, 3.8) is 0 Å². The number of ether oxygens (including phenoxy) is 2. The molecule has 2 aliphatic rings. The van der Waals surface area contributed by atoms with Gasteiger partial charge in [-0.25, -0.2) is 8.78 Å². The Morgan fingerprint density at radius 1 is 1.20 bits per heavy atom. The summed E-state index contributed by atoms with van der Waals surface area (Å²) < 4.78 is 38.0. The van der Waals surface area contributed by atoms with Crippen molar-refractivity contribution in [2.24, 2.45) is 0 Å². The number of hydrogen-bond donors (Lipinski definition) is 1. The summed E-state index contributed by atoms with van der Waals surface area (Å²) in [6.45, 7) is 2.60. The molecule has 1 saturated carbocycles. The van der Waals surface area contributed by atoms with E-state index in [4.69, 9.17) is 9.47 Å². The van der Waals surface area contributed by atoms with Crippen molar-refractivity contribution < 1.29 is 23.4 Å². The Labute approximate surface area is 147 Å². The number of morpholine rings is 1. The third kappa shape index (κ3) is 5.45. The Morgan fingerprint density at radius 3 is 2.76 bits per heavy atom. The number of halogens is 2. The average Bonchev–Trinajstić information content (AvgIpc) is 2.63. The Hall–Kier alpha value is -1.08. The van der Waals surface area contributed by atoms with E-state index in [0.29, 0.717) is 38.4 Å². The van der Waals surface area contributed by atoms with Gasteiger partial charge in [-0.2, -0.15) is 0 Å². The predicted octanol–water partition coefficient (Wildman–Crippen LogP) is 3.05. The lowest BCUT2D eigenvalue weighted by molar-refractivity contribution is -0.0646. The first kappa shape index (κ1) is 18.7. The van der Waals surface area contributed by atoms with Gasteiger partial charge in [0, 0.05) is 19.6 Å². The zero-order chi connectivity index (χ0) is 17.6. The molecule has 1 aromatic carbocycles. The zero-order valence-electron chi connectivity index (χ0n) is 14.5. The van der Waals surface area contributed by atoms with Crippen LogP contribution < -0.4 is 0 Å². The minimum absolute atomic E-state index is 0.281. The summed E-state index contributed by atoms with van der Waals surface area (Å²) in [4.78, 5) is 2.09. The molecular weight excluding hydrogens is 328 g/mol. The third-order valence-electron chi connectivity index (χ3n) is 5.01. The SMILES string of the molecule is OC(COC1CCCCC1)CN1CCOC(c2ccc(F)c(F)c2)C1. The number of hydrogen-bond acceptors (Lipinski definition) is 4.